The molecular formula is C15H18ClN3. The lowest BCUT2D eigenvalue weighted by atomic mass is 10.1. The molecule has 1 aromatic heterocycles. The molecule has 0 saturated carbocycles. The van der Waals surface area contributed by atoms with Gasteiger partial charge in [0.15, 0.2) is 0 Å². The minimum absolute atomic E-state index is 0.461. The summed E-state index contributed by atoms with van der Waals surface area (Å²) in [5.74, 6) is 0. The number of anilines is 1. The van der Waals surface area contributed by atoms with Crippen LogP contribution < -0.4 is 10.2 Å². The van der Waals surface area contributed by atoms with Gasteiger partial charge in [-0.15, -0.1) is 0 Å². The Hall–Kier alpha value is -1.32. The number of benzene rings is 1. The fourth-order valence-corrected chi connectivity index (χ4v) is 2.93. The second-order valence-corrected chi connectivity index (χ2v) is 5.68. The number of pyridine rings is 1. The van der Waals surface area contributed by atoms with Gasteiger partial charge in [-0.1, -0.05) is 11.6 Å². The quantitative estimate of drug-likeness (QED) is 0.867. The third kappa shape index (κ3) is 2.28. The van der Waals surface area contributed by atoms with Crippen LogP contribution in [0, 0.1) is 0 Å². The number of nitrogens with one attached hydrogen (secondary N) is 1. The van der Waals surface area contributed by atoms with Gasteiger partial charge in [-0.3, -0.25) is 4.98 Å². The second-order valence-electron chi connectivity index (χ2n) is 5.28. The van der Waals surface area contributed by atoms with E-state index in [2.05, 4.69) is 35.1 Å². The minimum Gasteiger partial charge on any atom is -0.364 e. The number of aromatic nitrogens is 1. The van der Waals surface area contributed by atoms with Crippen LogP contribution in [0.5, 0.6) is 0 Å². The highest BCUT2D eigenvalue weighted by molar-refractivity contribution is 6.35. The first-order valence-electron chi connectivity index (χ1n) is 6.70. The summed E-state index contributed by atoms with van der Waals surface area (Å²) >= 11 is 6.26. The summed E-state index contributed by atoms with van der Waals surface area (Å²) in [6, 6.07) is 8.98. The fourth-order valence-electron chi connectivity index (χ4n) is 2.71. The maximum absolute atomic E-state index is 6.26. The Labute approximate surface area is 118 Å². The van der Waals surface area contributed by atoms with Gasteiger partial charge in [-0.2, -0.15) is 0 Å². The molecule has 0 spiro atoms. The van der Waals surface area contributed by atoms with Crippen molar-refractivity contribution in [2.75, 3.05) is 18.0 Å². The molecule has 1 aliphatic heterocycles. The molecule has 1 fully saturated rings. The summed E-state index contributed by atoms with van der Waals surface area (Å²) in [6.45, 7) is 6.44. The van der Waals surface area contributed by atoms with Crippen LogP contribution in [0.1, 0.15) is 13.8 Å². The molecule has 0 aliphatic carbocycles. The van der Waals surface area contributed by atoms with Crippen LogP contribution in [-0.4, -0.2) is 30.2 Å². The summed E-state index contributed by atoms with van der Waals surface area (Å²) in [5, 5.41) is 5.30. The number of rotatable bonds is 1. The summed E-state index contributed by atoms with van der Waals surface area (Å²) < 4.78 is 0. The Morgan fingerprint density at radius 1 is 1.32 bits per heavy atom. The Morgan fingerprint density at radius 3 is 3.00 bits per heavy atom. The SMILES string of the molecule is CC1CN(c2ccc(Cl)c3cccnc23)C(C)CN1. The molecule has 0 radical (unpaired) electrons. The molecule has 19 heavy (non-hydrogen) atoms. The lowest BCUT2D eigenvalue weighted by Gasteiger charge is -2.39. The molecule has 1 aliphatic rings. The fraction of sp³-hybridized carbons (Fsp3) is 0.400. The first-order valence-corrected chi connectivity index (χ1v) is 7.08. The summed E-state index contributed by atoms with van der Waals surface area (Å²) in [4.78, 5) is 6.95. The summed E-state index contributed by atoms with van der Waals surface area (Å²) in [7, 11) is 0. The van der Waals surface area contributed by atoms with E-state index in [9.17, 15) is 0 Å². The van der Waals surface area contributed by atoms with Crippen molar-refractivity contribution in [2.24, 2.45) is 0 Å². The Bertz CT molecular complexity index is 599. The van der Waals surface area contributed by atoms with Crippen molar-refractivity contribution < 1.29 is 0 Å². The molecule has 1 N–H and O–H groups in total. The molecule has 3 rings (SSSR count). The van der Waals surface area contributed by atoms with E-state index in [1.165, 1.54) is 5.69 Å². The van der Waals surface area contributed by atoms with E-state index >= 15 is 0 Å². The van der Waals surface area contributed by atoms with Crippen molar-refractivity contribution in [3.8, 4) is 0 Å². The van der Waals surface area contributed by atoms with Crippen LogP contribution in [0.15, 0.2) is 30.5 Å². The predicted molar refractivity (Wildman–Crippen MR) is 81.0 cm³/mol. The van der Waals surface area contributed by atoms with Crippen LogP contribution in [0.2, 0.25) is 5.02 Å². The van der Waals surface area contributed by atoms with E-state index in [0.717, 1.165) is 29.0 Å². The molecule has 1 saturated heterocycles. The Balaban J connectivity index is 2.12. The van der Waals surface area contributed by atoms with Gasteiger partial charge in [0.2, 0.25) is 0 Å². The average Bonchev–Trinajstić information content (AvgIpc) is 2.43. The second kappa shape index (κ2) is 4.99. The first-order chi connectivity index (χ1) is 9.16. The van der Waals surface area contributed by atoms with Gasteiger partial charge in [-0.25, -0.2) is 0 Å². The van der Waals surface area contributed by atoms with Gasteiger partial charge >= 0.3 is 0 Å². The molecule has 4 heteroatoms. The number of halogens is 1. The van der Waals surface area contributed by atoms with Gasteiger partial charge in [0.1, 0.15) is 0 Å². The molecule has 2 atom stereocenters. The number of hydrogen-bond acceptors (Lipinski definition) is 3. The normalized spacial score (nSPS) is 23.8. The summed E-state index contributed by atoms with van der Waals surface area (Å²) in [5.41, 5.74) is 2.18. The molecular weight excluding hydrogens is 258 g/mol. The van der Waals surface area contributed by atoms with Crippen molar-refractivity contribution in [1.82, 2.24) is 10.3 Å². The van der Waals surface area contributed by atoms with Crippen molar-refractivity contribution in [3.63, 3.8) is 0 Å². The first kappa shape index (κ1) is 12.7. The van der Waals surface area contributed by atoms with E-state index in [4.69, 9.17) is 11.6 Å². The van der Waals surface area contributed by atoms with E-state index in [1.54, 1.807) is 0 Å². The largest absolute Gasteiger partial charge is 0.364 e. The van der Waals surface area contributed by atoms with Crippen LogP contribution in [0.4, 0.5) is 5.69 Å². The lowest BCUT2D eigenvalue weighted by Crippen LogP contribution is -2.54. The Kier molecular flexibility index (Phi) is 3.33. The number of piperazine rings is 1. The highest BCUT2D eigenvalue weighted by Gasteiger charge is 2.24. The Morgan fingerprint density at radius 2 is 2.16 bits per heavy atom. The van der Waals surface area contributed by atoms with Crippen molar-refractivity contribution in [1.29, 1.82) is 0 Å². The zero-order valence-corrected chi connectivity index (χ0v) is 12.0. The van der Waals surface area contributed by atoms with E-state index in [-0.39, 0.29) is 0 Å². The molecule has 0 bridgehead atoms. The molecule has 2 unspecified atom stereocenters. The van der Waals surface area contributed by atoms with Crippen LogP contribution >= 0.6 is 11.6 Å². The molecule has 0 amide bonds. The van der Waals surface area contributed by atoms with E-state index < -0.39 is 0 Å². The number of nitrogens with zero attached hydrogens (tertiary/aromatic N) is 2. The van der Waals surface area contributed by atoms with Gasteiger partial charge < -0.3 is 10.2 Å². The van der Waals surface area contributed by atoms with Crippen molar-refractivity contribution in [3.05, 3.63) is 35.5 Å². The number of hydrogen-bond donors (Lipinski definition) is 1. The molecule has 1 aromatic carbocycles. The molecule has 3 nitrogen and oxygen atoms in total. The van der Waals surface area contributed by atoms with Crippen LogP contribution in [-0.2, 0) is 0 Å². The standard InChI is InChI=1S/C15H18ClN3/c1-10-9-19(11(2)8-18-10)14-6-5-13(16)12-4-3-7-17-15(12)14/h3-7,10-11,18H,8-9H2,1-2H3. The van der Waals surface area contributed by atoms with Gasteiger partial charge in [0, 0.05) is 36.8 Å². The smallest absolute Gasteiger partial charge is 0.0950 e. The predicted octanol–water partition coefficient (Wildman–Crippen LogP) is 3.07. The van der Waals surface area contributed by atoms with Crippen LogP contribution in [0.3, 0.4) is 0 Å². The third-order valence-corrected chi connectivity index (χ3v) is 4.10. The van der Waals surface area contributed by atoms with Crippen molar-refractivity contribution in [2.45, 2.75) is 25.9 Å². The van der Waals surface area contributed by atoms with E-state index in [0.29, 0.717) is 12.1 Å². The monoisotopic (exact) mass is 275 g/mol. The highest BCUT2D eigenvalue weighted by Crippen LogP contribution is 2.32. The van der Waals surface area contributed by atoms with Crippen LogP contribution in [0.25, 0.3) is 10.9 Å². The molecule has 2 heterocycles. The van der Waals surface area contributed by atoms with Gasteiger partial charge in [-0.05, 0) is 38.1 Å². The molecule has 2 aromatic rings. The van der Waals surface area contributed by atoms with Gasteiger partial charge in [0.25, 0.3) is 0 Å². The van der Waals surface area contributed by atoms with E-state index in [1.807, 2.05) is 24.4 Å². The topological polar surface area (TPSA) is 28.2 Å². The zero-order valence-electron chi connectivity index (χ0n) is 11.2. The zero-order chi connectivity index (χ0) is 13.4. The lowest BCUT2D eigenvalue weighted by molar-refractivity contribution is 0.426. The maximum atomic E-state index is 6.26. The summed E-state index contributed by atoms with van der Waals surface area (Å²) in [6.07, 6.45) is 1.83. The average molecular weight is 276 g/mol. The number of fused-ring (bicyclic) bond motifs is 1. The van der Waals surface area contributed by atoms with Crippen molar-refractivity contribution >= 4 is 28.2 Å². The molecule has 100 valence electrons. The minimum atomic E-state index is 0.461. The highest BCUT2D eigenvalue weighted by atomic mass is 35.5. The third-order valence-electron chi connectivity index (χ3n) is 3.77. The maximum Gasteiger partial charge on any atom is 0.0950 e. The van der Waals surface area contributed by atoms with Gasteiger partial charge in [0.05, 0.1) is 16.2 Å².